The summed E-state index contributed by atoms with van der Waals surface area (Å²) in [5.41, 5.74) is 7.39. The molecular weight excluding hydrogens is 270 g/mol. The first-order chi connectivity index (χ1) is 10.1. The lowest BCUT2D eigenvalue weighted by Crippen LogP contribution is -2.18. The first-order valence-electron chi connectivity index (χ1n) is 6.26. The maximum absolute atomic E-state index is 11.3. The molecular formula is C14H15N5O2. The van der Waals surface area contributed by atoms with Gasteiger partial charge in [0, 0.05) is 18.3 Å². The second kappa shape index (κ2) is 6.47. The van der Waals surface area contributed by atoms with Gasteiger partial charge in [0.2, 0.25) is 0 Å². The number of primary amides is 1. The van der Waals surface area contributed by atoms with Crippen molar-refractivity contribution in [3.05, 3.63) is 47.4 Å². The van der Waals surface area contributed by atoms with E-state index in [9.17, 15) is 9.59 Å². The molecule has 0 unspecified atom stereocenters. The topological polar surface area (TPSA) is 110 Å². The molecule has 21 heavy (non-hydrogen) atoms. The van der Waals surface area contributed by atoms with Gasteiger partial charge in [0.05, 0.1) is 18.4 Å². The standard InChI is InChI=1S/C14H15N5O2/c1-16-14-12(13(15)21)19-11(7-18-14)6-17-10-4-2-9(8-20)3-5-10/h2-5,7-8,17H,6H2,1H3,(H2,15,21)(H,16,18). The van der Waals surface area contributed by atoms with Gasteiger partial charge in [-0.15, -0.1) is 0 Å². The zero-order valence-corrected chi connectivity index (χ0v) is 11.5. The first-order valence-corrected chi connectivity index (χ1v) is 6.26. The summed E-state index contributed by atoms with van der Waals surface area (Å²) in [5.74, 6) is -0.286. The summed E-state index contributed by atoms with van der Waals surface area (Å²) in [4.78, 5) is 30.1. The Labute approximate surface area is 121 Å². The Morgan fingerprint density at radius 3 is 2.62 bits per heavy atom. The Morgan fingerprint density at radius 1 is 1.33 bits per heavy atom. The minimum atomic E-state index is -0.635. The summed E-state index contributed by atoms with van der Waals surface area (Å²) in [6, 6.07) is 6.99. The van der Waals surface area contributed by atoms with E-state index in [2.05, 4.69) is 20.6 Å². The number of carbonyl (C=O) groups excluding carboxylic acids is 2. The number of nitrogens with one attached hydrogen (secondary N) is 2. The van der Waals surface area contributed by atoms with Gasteiger partial charge >= 0.3 is 0 Å². The van der Waals surface area contributed by atoms with E-state index in [1.807, 2.05) is 0 Å². The monoisotopic (exact) mass is 285 g/mol. The number of carbonyl (C=O) groups is 2. The number of aromatic nitrogens is 2. The molecule has 1 aromatic carbocycles. The summed E-state index contributed by atoms with van der Waals surface area (Å²) in [6.45, 7) is 0.387. The Morgan fingerprint density at radius 2 is 2.05 bits per heavy atom. The minimum Gasteiger partial charge on any atom is -0.379 e. The third-order valence-corrected chi connectivity index (χ3v) is 2.81. The van der Waals surface area contributed by atoms with Crippen LogP contribution in [0.3, 0.4) is 0 Å². The number of rotatable bonds is 6. The number of nitrogens with zero attached hydrogens (tertiary/aromatic N) is 2. The lowest BCUT2D eigenvalue weighted by atomic mass is 10.2. The summed E-state index contributed by atoms with van der Waals surface area (Å²) >= 11 is 0. The molecule has 1 heterocycles. The van der Waals surface area contributed by atoms with E-state index < -0.39 is 5.91 Å². The van der Waals surface area contributed by atoms with E-state index in [0.717, 1.165) is 12.0 Å². The van der Waals surface area contributed by atoms with Crippen LogP contribution >= 0.6 is 0 Å². The average molecular weight is 285 g/mol. The van der Waals surface area contributed by atoms with Gasteiger partial charge < -0.3 is 16.4 Å². The fraction of sp³-hybridized carbons (Fsp3) is 0.143. The largest absolute Gasteiger partial charge is 0.379 e. The summed E-state index contributed by atoms with van der Waals surface area (Å²) in [6.07, 6.45) is 2.34. The van der Waals surface area contributed by atoms with E-state index in [1.54, 1.807) is 37.5 Å². The van der Waals surface area contributed by atoms with Gasteiger partial charge in [-0.3, -0.25) is 9.59 Å². The van der Waals surface area contributed by atoms with Gasteiger partial charge in [0.15, 0.2) is 11.5 Å². The number of anilines is 2. The first kappa shape index (κ1) is 14.4. The summed E-state index contributed by atoms with van der Waals surface area (Å²) in [7, 11) is 1.64. The molecule has 0 bridgehead atoms. The van der Waals surface area contributed by atoms with Crippen LogP contribution in [0, 0.1) is 0 Å². The van der Waals surface area contributed by atoms with E-state index in [4.69, 9.17) is 5.73 Å². The van der Waals surface area contributed by atoms with Gasteiger partial charge in [0.25, 0.3) is 5.91 Å². The van der Waals surface area contributed by atoms with Gasteiger partial charge in [-0.05, 0) is 24.3 Å². The highest BCUT2D eigenvalue weighted by molar-refractivity contribution is 5.95. The lowest BCUT2D eigenvalue weighted by Gasteiger charge is -2.09. The van der Waals surface area contributed by atoms with Crippen LogP contribution in [0.15, 0.2) is 30.5 Å². The van der Waals surface area contributed by atoms with Crippen LogP contribution in [0.5, 0.6) is 0 Å². The zero-order chi connectivity index (χ0) is 15.2. The molecule has 0 saturated carbocycles. The lowest BCUT2D eigenvalue weighted by molar-refractivity contribution is 0.0995. The fourth-order valence-electron chi connectivity index (χ4n) is 1.74. The smallest absolute Gasteiger partial charge is 0.271 e. The molecule has 4 N–H and O–H groups in total. The van der Waals surface area contributed by atoms with Crippen molar-refractivity contribution in [3.8, 4) is 0 Å². The molecule has 0 spiro atoms. The van der Waals surface area contributed by atoms with E-state index in [0.29, 0.717) is 23.6 Å². The van der Waals surface area contributed by atoms with Gasteiger partial charge in [-0.1, -0.05) is 0 Å². The number of hydrogen-bond donors (Lipinski definition) is 3. The number of amides is 1. The van der Waals surface area contributed by atoms with Crippen LogP contribution in [0.25, 0.3) is 0 Å². The van der Waals surface area contributed by atoms with Gasteiger partial charge in [-0.25, -0.2) is 9.97 Å². The third kappa shape index (κ3) is 3.53. The maximum Gasteiger partial charge on any atom is 0.271 e. The normalized spacial score (nSPS) is 9.95. The van der Waals surface area contributed by atoms with Crippen molar-refractivity contribution >= 4 is 23.7 Å². The Kier molecular flexibility index (Phi) is 4.45. The van der Waals surface area contributed by atoms with Gasteiger partial charge in [0.1, 0.15) is 6.29 Å². The molecule has 0 atom stereocenters. The number of hydrogen-bond acceptors (Lipinski definition) is 6. The second-order valence-corrected chi connectivity index (χ2v) is 4.27. The molecule has 0 aliphatic heterocycles. The van der Waals surface area contributed by atoms with E-state index in [1.165, 1.54) is 0 Å². The van der Waals surface area contributed by atoms with Crippen molar-refractivity contribution in [2.45, 2.75) is 6.54 Å². The third-order valence-electron chi connectivity index (χ3n) is 2.81. The Bertz CT molecular complexity index is 655. The van der Waals surface area contributed by atoms with Crippen LogP contribution in [0.2, 0.25) is 0 Å². The average Bonchev–Trinajstić information content (AvgIpc) is 2.53. The van der Waals surface area contributed by atoms with E-state index in [-0.39, 0.29) is 5.69 Å². The van der Waals surface area contributed by atoms with Crippen LogP contribution in [-0.4, -0.2) is 29.2 Å². The highest BCUT2D eigenvalue weighted by atomic mass is 16.1. The minimum absolute atomic E-state index is 0.105. The second-order valence-electron chi connectivity index (χ2n) is 4.27. The van der Waals surface area contributed by atoms with Crippen molar-refractivity contribution < 1.29 is 9.59 Å². The predicted octanol–water partition coefficient (Wildman–Crippen LogP) is 1.04. The molecule has 2 aromatic rings. The van der Waals surface area contributed by atoms with Gasteiger partial charge in [-0.2, -0.15) is 0 Å². The number of benzene rings is 1. The molecule has 2 rings (SSSR count). The molecule has 0 radical (unpaired) electrons. The van der Waals surface area contributed by atoms with Crippen LogP contribution < -0.4 is 16.4 Å². The van der Waals surface area contributed by atoms with Crippen LogP contribution in [-0.2, 0) is 6.54 Å². The molecule has 7 heteroatoms. The number of aldehydes is 1. The predicted molar refractivity (Wildman–Crippen MR) is 79.3 cm³/mol. The highest BCUT2D eigenvalue weighted by Gasteiger charge is 2.11. The Hall–Kier alpha value is -2.96. The molecule has 0 fully saturated rings. The van der Waals surface area contributed by atoms with Crippen molar-refractivity contribution in [3.63, 3.8) is 0 Å². The molecule has 0 aliphatic rings. The number of nitrogens with two attached hydrogens (primary N) is 1. The summed E-state index contributed by atoms with van der Waals surface area (Å²) < 4.78 is 0. The molecule has 1 amide bonds. The maximum atomic E-state index is 11.3. The molecule has 108 valence electrons. The van der Waals surface area contributed by atoms with E-state index >= 15 is 0 Å². The van der Waals surface area contributed by atoms with Crippen molar-refractivity contribution in [2.75, 3.05) is 17.7 Å². The fourth-order valence-corrected chi connectivity index (χ4v) is 1.74. The van der Waals surface area contributed by atoms with Crippen molar-refractivity contribution in [2.24, 2.45) is 5.73 Å². The summed E-state index contributed by atoms with van der Waals surface area (Å²) in [5, 5.41) is 5.89. The van der Waals surface area contributed by atoms with Crippen LogP contribution in [0.4, 0.5) is 11.5 Å². The molecule has 7 nitrogen and oxygen atoms in total. The molecule has 0 aliphatic carbocycles. The quantitative estimate of drug-likeness (QED) is 0.684. The SMILES string of the molecule is CNc1ncc(CNc2ccc(C=O)cc2)nc1C(N)=O. The molecule has 0 saturated heterocycles. The highest BCUT2D eigenvalue weighted by Crippen LogP contribution is 2.12. The van der Waals surface area contributed by atoms with Crippen molar-refractivity contribution in [1.82, 2.24) is 9.97 Å². The van der Waals surface area contributed by atoms with Crippen molar-refractivity contribution in [1.29, 1.82) is 0 Å². The van der Waals surface area contributed by atoms with Crippen LogP contribution in [0.1, 0.15) is 26.5 Å². The molecule has 1 aromatic heterocycles. The Balaban J connectivity index is 2.10. The zero-order valence-electron chi connectivity index (χ0n) is 11.5.